The van der Waals surface area contributed by atoms with Crippen molar-refractivity contribution >= 4 is 17.1 Å². The lowest BCUT2D eigenvalue weighted by Crippen LogP contribution is -2.26. The van der Waals surface area contributed by atoms with Crippen LogP contribution in [0.2, 0.25) is 0 Å². The third kappa shape index (κ3) is 2.57. The summed E-state index contributed by atoms with van der Waals surface area (Å²) in [4.78, 5) is 0. The first-order chi connectivity index (χ1) is 8.29. The van der Waals surface area contributed by atoms with E-state index in [1.54, 1.807) is 0 Å². The molecule has 0 N–H and O–H groups in total. The van der Waals surface area contributed by atoms with Gasteiger partial charge in [0.1, 0.15) is 16.1 Å². The summed E-state index contributed by atoms with van der Waals surface area (Å²) in [5.41, 5.74) is 1.93. The zero-order chi connectivity index (χ0) is 13.5. The highest BCUT2D eigenvalue weighted by Crippen LogP contribution is 2.27. The lowest BCUT2D eigenvalue weighted by Gasteiger charge is -2.18. The molecule has 5 heteroatoms. The molecule has 1 aromatic rings. The van der Waals surface area contributed by atoms with Gasteiger partial charge in [0.2, 0.25) is 0 Å². The molecule has 0 heterocycles. The van der Waals surface area contributed by atoms with Gasteiger partial charge >= 0.3 is 0 Å². The average Bonchev–Trinajstić information content (AvgIpc) is 2.61. The first-order valence-corrected chi connectivity index (χ1v) is 6.87. The lowest BCUT2D eigenvalue weighted by molar-refractivity contribution is 0.507. The summed E-state index contributed by atoms with van der Waals surface area (Å²) in [5.74, 6) is -1.73. The first kappa shape index (κ1) is 13.5. The Hall–Kier alpha value is -0.940. The molecule has 1 aliphatic carbocycles. The minimum atomic E-state index is -1.37. The fourth-order valence-electron chi connectivity index (χ4n) is 1.78. The Morgan fingerprint density at radius 2 is 1.78 bits per heavy atom. The Morgan fingerprint density at radius 3 is 2.39 bits per heavy atom. The Bertz CT molecular complexity index is 508. The monoisotopic (exact) mass is 271 g/mol. The van der Waals surface area contributed by atoms with Crippen molar-refractivity contribution in [2.45, 2.75) is 38.4 Å². The number of fused-ring (bicyclic) bond motifs is 1. The molecule has 2 rings (SSSR count). The van der Waals surface area contributed by atoms with E-state index in [1.165, 1.54) is 6.07 Å². The van der Waals surface area contributed by atoms with E-state index in [9.17, 15) is 13.3 Å². The second kappa shape index (κ2) is 4.63. The largest absolute Gasteiger partial charge is 0.591 e. The summed E-state index contributed by atoms with van der Waals surface area (Å²) < 4.78 is 41.9. The number of nitrogens with zero attached hydrogens (tertiary/aromatic N) is 1. The van der Waals surface area contributed by atoms with E-state index in [2.05, 4.69) is 4.40 Å². The highest BCUT2D eigenvalue weighted by molar-refractivity contribution is 7.91. The Balaban J connectivity index is 2.37. The highest BCUT2D eigenvalue weighted by atomic mass is 32.2. The topological polar surface area (TPSA) is 35.4 Å². The van der Waals surface area contributed by atoms with Gasteiger partial charge in [-0.15, -0.1) is 0 Å². The van der Waals surface area contributed by atoms with Crippen LogP contribution in [0.1, 0.15) is 38.3 Å². The van der Waals surface area contributed by atoms with Crippen LogP contribution >= 0.6 is 0 Å². The predicted octanol–water partition coefficient (Wildman–Crippen LogP) is 3.16. The number of hydrogen-bond acceptors (Lipinski definition) is 2. The molecule has 0 aliphatic heterocycles. The van der Waals surface area contributed by atoms with Crippen LogP contribution in [0.25, 0.3) is 0 Å². The molecule has 1 atom stereocenters. The molecule has 18 heavy (non-hydrogen) atoms. The normalized spacial score (nSPS) is 19.1. The maximum atomic E-state index is 13.2. The smallest absolute Gasteiger partial charge is 0.159 e. The van der Waals surface area contributed by atoms with Gasteiger partial charge in [-0.05, 0) is 51.3 Å². The van der Waals surface area contributed by atoms with Crippen LogP contribution in [-0.2, 0) is 17.8 Å². The molecule has 0 spiro atoms. The summed E-state index contributed by atoms with van der Waals surface area (Å²) in [5, 5.41) is 0. The number of hydrogen-bond donors (Lipinski definition) is 0. The molecule has 0 saturated carbocycles. The number of rotatable bonds is 1. The minimum Gasteiger partial charge on any atom is -0.591 e. The maximum Gasteiger partial charge on any atom is 0.159 e. The van der Waals surface area contributed by atoms with Gasteiger partial charge in [0.25, 0.3) is 0 Å². The zero-order valence-electron chi connectivity index (χ0n) is 10.6. The van der Waals surface area contributed by atoms with Crippen molar-refractivity contribution < 1.29 is 13.3 Å². The lowest BCUT2D eigenvalue weighted by atomic mass is 10.1. The fraction of sp³-hybridized carbons (Fsp3) is 0.462. The molecule has 1 aromatic carbocycles. The number of aryl methyl sites for hydroxylation is 1. The number of halogens is 2. The molecule has 2 nitrogen and oxygen atoms in total. The van der Waals surface area contributed by atoms with E-state index in [1.807, 2.05) is 20.8 Å². The van der Waals surface area contributed by atoms with Crippen molar-refractivity contribution in [2.75, 3.05) is 0 Å². The van der Waals surface area contributed by atoms with Gasteiger partial charge in [0.15, 0.2) is 11.6 Å². The average molecular weight is 271 g/mol. The molecule has 0 saturated heterocycles. The van der Waals surface area contributed by atoms with Gasteiger partial charge in [0, 0.05) is 5.56 Å². The summed E-state index contributed by atoms with van der Waals surface area (Å²) in [7, 11) is 0. The molecule has 0 radical (unpaired) electrons. The van der Waals surface area contributed by atoms with Crippen LogP contribution in [-0.4, -0.2) is 15.0 Å². The molecule has 0 unspecified atom stereocenters. The van der Waals surface area contributed by atoms with E-state index in [0.29, 0.717) is 24.1 Å². The van der Waals surface area contributed by atoms with Gasteiger partial charge in [-0.25, -0.2) is 8.78 Å². The second-order valence-corrected chi connectivity index (χ2v) is 7.23. The van der Waals surface area contributed by atoms with Crippen molar-refractivity contribution in [1.82, 2.24) is 0 Å². The standard InChI is InChI=1S/C13H15F2NOS/c1-13(2,3)18(17)16-12-5-4-8-6-10(14)11(15)7-9(8)12/h6-7H,4-5H2,1-3H3/t18-/m1/s1. The summed E-state index contributed by atoms with van der Waals surface area (Å²) in [6.45, 7) is 5.48. The molecule has 1 aliphatic rings. The molecule has 98 valence electrons. The quantitative estimate of drug-likeness (QED) is 0.723. The van der Waals surface area contributed by atoms with Gasteiger partial charge in [-0.3, -0.25) is 0 Å². The Morgan fingerprint density at radius 1 is 1.17 bits per heavy atom. The summed E-state index contributed by atoms with van der Waals surface area (Å²) in [6, 6.07) is 2.35. The molecule has 0 fully saturated rings. The van der Waals surface area contributed by atoms with E-state index >= 15 is 0 Å². The van der Waals surface area contributed by atoms with E-state index in [4.69, 9.17) is 0 Å². The van der Waals surface area contributed by atoms with Gasteiger partial charge < -0.3 is 4.55 Å². The highest BCUT2D eigenvalue weighted by Gasteiger charge is 2.29. The van der Waals surface area contributed by atoms with Gasteiger partial charge in [0.05, 0.1) is 5.71 Å². The zero-order valence-corrected chi connectivity index (χ0v) is 11.4. The molecule has 0 bridgehead atoms. The van der Waals surface area contributed by atoms with Crippen LogP contribution in [0.15, 0.2) is 16.5 Å². The third-order valence-corrected chi connectivity index (χ3v) is 4.24. The van der Waals surface area contributed by atoms with E-state index in [-0.39, 0.29) is 0 Å². The molecule has 0 amide bonds. The Labute approximate surface area is 108 Å². The Kier molecular flexibility index (Phi) is 3.47. The van der Waals surface area contributed by atoms with Crippen LogP contribution in [0.4, 0.5) is 8.78 Å². The van der Waals surface area contributed by atoms with Gasteiger partial charge in [-0.1, -0.05) is 4.40 Å². The van der Waals surface area contributed by atoms with Crippen LogP contribution in [0, 0.1) is 11.6 Å². The van der Waals surface area contributed by atoms with E-state index in [0.717, 1.165) is 11.6 Å². The van der Waals surface area contributed by atoms with Crippen molar-refractivity contribution in [2.24, 2.45) is 4.40 Å². The maximum absolute atomic E-state index is 13.2. The van der Waals surface area contributed by atoms with Crippen molar-refractivity contribution in [1.29, 1.82) is 0 Å². The first-order valence-electron chi connectivity index (χ1n) is 5.77. The second-order valence-electron chi connectivity index (χ2n) is 5.32. The summed E-state index contributed by atoms with van der Waals surface area (Å²) >= 11 is -1.37. The van der Waals surface area contributed by atoms with Crippen molar-refractivity contribution in [3.8, 4) is 0 Å². The summed E-state index contributed by atoms with van der Waals surface area (Å²) in [6.07, 6.45) is 1.20. The van der Waals surface area contributed by atoms with Gasteiger partial charge in [-0.2, -0.15) is 0 Å². The minimum absolute atomic E-state index is 0.450. The fourth-order valence-corrected chi connectivity index (χ4v) is 2.45. The van der Waals surface area contributed by atoms with Crippen molar-refractivity contribution in [3.05, 3.63) is 34.9 Å². The number of benzene rings is 1. The van der Waals surface area contributed by atoms with Crippen LogP contribution in [0.3, 0.4) is 0 Å². The van der Waals surface area contributed by atoms with Crippen LogP contribution < -0.4 is 0 Å². The third-order valence-electron chi connectivity index (χ3n) is 2.81. The van der Waals surface area contributed by atoms with E-state index < -0.39 is 27.7 Å². The molecular weight excluding hydrogens is 256 g/mol. The SMILES string of the molecule is CC(C)(C)[S@@+]([O-])N=C1CCc2cc(F)c(F)cc21. The van der Waals surface area contributed by atoms with Crippen molar-refractivity contribution in [3.63, 3.8) is 0 Å². The molecule has 0 aromatic heterocycles. The van der Waals surface area contributed by atoms with Crippen LogP contribution in [0.5, 0.6) is 0 Å². The predicted molar refractivity (Wildman–Crippen MR) is 69.1 cm³/mol. The molecular formula is C13H15F2NOS.